The van der Waals surface area contributed by atoms with Gasteiger partial charge in [0.1, 0.15) is 5.75 Å². The average Bonchev–Trinajstić information content (AvgIpc) is 2.38. The minimum Gasteiger partial charge on any atom is -0.496 e. The summed E-state index contributed by atoms with van der Waals surface area (Å²) in [6.45, 7) is 3.94. The molecule has 0 fully saturated rings. The third-order valence-corrected chi connectivity index (χ3v) is 3.19. The van der Waals surface area contributed by atoms with Crippen molar-refractivity contribution in [2.75, 3.05) is 7.11 Å². The molecule has 0 bridgehead atoms. The van der Waals surface area contributed by atoms with E-state index in [1.807, 2.05) is 38.1 Å². The zero-order valence-electron chi connectivity index (χ0n) is 11.2. The number of carbonyl (C=O) groups is 1. The zero-order chi connectivity index (χ0) is 14.0. The third-order valence-electron chi connectivity index (χ3n) is 3.19. The van der Waals surface area contributed by atoms with E-state index in [2.05, 4.69) is 0 Å². The number of benzene rings is 2. The summed E-state index contributed by atoms with van der Waals surface area (Å²) in [6.07, 6.45) is 0. The molecule has 0 saturated carbocycles. The second-order valence-corrected chi connectivity index (χ2v) is 4.52. The number of carboxylic acids is 1. The Balaban J connectivity index is 2.54. The van der Waals surface area contributed by atoms with E-state index in [1.165, 1.54) is 0 Å². The monoisotopic (exact) mass is 256 g/mol. The first-order chi connectivity index (χ1) is 9.02. The summed E-state index contributed by atoms with van der Waals surface area (Å²) < 4.78 is 5.23. The number of aromatic carboxylic acids is 1. The van der Waals surface area contributed by atoms with Gasteiger partial charge in [0.2, 0.25) is 0 Å². The molecule has 3 nitrogen and oxygen atoms in total. The van der Waals surface area contributed by atoms with E-state index in [0.29, 0.717) is 5.56 Å². The molecule has 0 heterocycles. The summed E-state index contributed by atoms with van der Waals surface area (Å²) in [7, 11) is 1.64. The molecule has 0 unspecified atom stereocenters. The second-order valence-electron chi connectivity index (χ2n) is 4.52. The van der Waals surface area contributed by atoms with Gasteiger partial charge in [-0.1, -0.05) is 12.1 Å². The van der Waals surface area contributed by atoms with Crippen LogP contribution >= 0.6 is 0 Å². The van der Waals surface area contributed by atoms with Gasteiger partial charge in [-0.05, 0) is 60.4 Å². The lowest BCUT2D eigenvalue weighted by molar-refractivity contribution is 0.0697. The Morgan fingerprint density at radius 3 is 2.37 bits per heavy atom. The van der Waals surface area contributed by atoms with E-state index in [1.54, 1.807) is 19.2 Å². The Labute approximate surface area is 112 Å². The van der Waals surface area contributed by atoms with Crippen LogP contribution in [0.5, 0.6) is 5.75 Å². The maximum absolute atomic E-state index is 11.0. The van der Waals surface area contributed by atoms with Crippen LogP contribution in [0, 0.1) is 13.8 Å². The fourth-order valence-corrected chi connectivity index (χ4v) is 2.11. The van der Waals surface area contributed by atoms with E-state index < -0.39 is 5.97 Å². The zero-order valence-corrected chi connectivity index (χ0v) is 11.2. The van der Waals surface area contributed by atoms with Crippen LogP contribution < -0.4 is 4.74 Å². The van der Waals surface area contributed by atoms with Crippen molar-refractivity contribution in [3.05, 3.63) is 53.1 Å². The highest BCUT2D eigenvalue weighted by molar-refractivity contribution is 5.90. The van der Waals surface area contributed by atoms with Crippen molar-refractivity contribution in [3.63, 3.8) is 0 Å². The van der Waals surface area contributed by atoms with Crippen LogP contribution in [-0.4, -0.2) is 18.2 Å². The van der Waals surface area contributed by atoms with Gasteiger partial charge in [-0.25, -0.2) is 4.79 Å². The Morgan fingerprint density at radius 1 is 1.05 bits per heavy atom. The maximum Gasteiger partial charge on any atom is 0.335 e. The summed E-state index contributed by atoms with van der Waals surface area (Å²) in [5.41, 5.74) is 4.31. The van der Waals surface area contributed by atoms with E-state index in [4.69, 9.17) is 9.84 Å². The summed E-state index contributed by atoms with van der Waals surface area (Å²) in [4.78, 5) is 11.0. The normalized spacial score (nSPS) is 10.3. The molecule has 0 atom stereocenters. The Hall–Kier alpha value is -2.29. The highest BCUT2D eigenvalue weighted by Crippen LogP contribution is 2.29. The molecule has 1 N–H and O–H groups in total. The lowest BCUT2D eigenvalue weighted by atomic mass is 9.96. The molecule has 98 valence electrons. The van der Waals surface area contributed by atoms with Crippen molar-refractivity contribution in [1.29, 1.82) is 0 Å². The molecule has 3 heteroatoms. The summed E-state index contributed by atoms with van der Waals surface area (Å²) in [6, 6.07) is 11.0. The van der Waals surface area contributed by atoms with Gasteiger partial charge in [0.15, 0.2) is 0 Å². The first-order valence-corrected chi connectivity index (χ1v) is 6.02. The highest BCUT2D eigenvalue weighted by Gasteiger charge is 2.09. The van der Waals surface area contributed by atoms with Gasteiger partial charge >= 0.3 is 5.97 Å². The number of hydrogen-bond acceptors (Lipinski definition) is 2. The molecule has 0 amide bonds. The fourth-order valence-electron chi connectivity index (χ4n) is 2.11. The lowest BCUT2D eigenvalue weighted by Gasteiger charge is -2.10. The molecule has 2 aromatic rings. The van der Waals surface area contributed by atoms with E-state index in [9.17, 15) is 4.79 Å². The number of aryl methyl sites for hydroxylation is 2. The van der Waals surface area contributed by atoms with Crippen molar-refractivity contribution in [3.8, 4) is 16.9 Å². The van der Waals surface area contributed by atoms with Crippen molar-refractivity contribution in [2.24, 2.45) is 0 Å². The molecule has 0 spiro atoms. The molecule has 0 aliphatic heterocycles. The summed E-state index contributed by atoms with van der Waals surface area (Å²) >= 11 is 0. The topological polar surface area (TPSA) is 46.5 Å². The molecular weight excluding hydrogens is 240 g/mol. The lowest BCUT2D eigenvalue weighted by Crippen LogP contribution is -1.97. The molecular formula is C16H16O3. The first kappa shape index (κ1) is 13.1. The molecule has 0 aliphatic rings. The van der Waals surface area contributed by atoms with E-state index >= 15 is 0 Å². The molecule has 0 saturated heterocycles. The van der Waals surface area contributed by atoms with E-state index in [-0.39, 0.29) is 0 Å². The minimum absolute atomic E-state index is 0.300. The highest BCUT2D eigenvalue weighted by atomic mass is 16.5. The fraction of sp³-hybridized carbons (Fsp3) is 0.188. The maximum atomic E-state index is 11.0. The van der Waals surface area contributed by atoms with Crippen LogP contribution in [0.25, 0.3) is 11.1 Å². The standard InChI is InChI=1S/C16H16O3/c1-10-4-5-13(16(17)18)9-14(10)12-6-7-15(19-3)11(2)8-12/h4-9H,1-3H3,(H,17,18). The number of carboxylic acid groups (broad SMARTS) is 1. The van der Waals surface area contributed by atoms with Crippen molar-refractivity contribution in [1.82, 2.24) is 0 Å². The molecule has 0 aromatic heterocycles. The van der Waals surface area contributed by atoms with Crippen LogP contribution in [0.2, 0.25) is 0 Å². The van der Waals surface area contributed by atoms with Crippen molar-refractivity contribution in [2.45, 2.75) is 13.8 Å². The molecule has 19 heavy (non-hydrogen) atoms. The average molecular weight is 256 g/mol. The number of rotatable bonds is 3. The molecule has 0 radical (unpaired) electrons. The smallest absolute Gasteiger partial charge is 0.335 e. The van der Waals surface area contributed by atoms with Crippen molar-refractivity contribution >= 4 is 5.97 Å². The molecule has 0 aliphatic carbocycles. The second kappa shape index (κ2) is 5.14. The number of methoxy groups -OCH3 is 1. The van der Waals surface area contributed by atoms with Crippen LogP contribution in [-0.2, 0) is 0 Å². The van der Waals surface area contributed by atoms with Gasteiger partial charge in [0.05, 0.1) is 12.7 Å². The number of ether oxygens (including phenoxy) is 1. The SMILES string of the molecule is COc1ccc(-c2cc(C(=O)O)ccc2C)cc1C. The van der Waals surface area contributed by atoms with E-state index in [0.717, 1.165) is 28.0 Å². The van der Waals surface area contributed by atoms with Gasteiger partial charge in [-0.15, -0.1) is 0 Å². The van der Waals surface area contributed by atoms with Crippen LogP contribution in [0.4, 0.5) is 0 Å². The summed E-state index contributed by atoms with van der Waals surface area (Å²) in [5.74, 6) is -0.0812. The Bertz CT molecular complexity index is 630. The predicted molar refractivity (Wildman–Crippen MR) is 74.9 cm³/mol. The predicted octanol–water partition coefficient (Wildman–Crippen LogP) is 3.68. The van der Waals surface area contributed by atoms with Gasteiger partial charge in [0, 0.05) is 0 Å². The molecule has 2 aromatic carbocycles. The van der Waals surface area contributed by atoms with Crippen LogP contribution in [0.1, 0.15) is 21.5 Å². The Morgan fingerprint density at radius 2 is 1.79 bits per heavy atom. The third kappa shape index (κ3) is 2.60. The van der Waals surface area contributed by atoms with Gasteiger partial charge < -0.3 is 9.84 Å². The quantitative estimate of drug-likeness (QED) is 0.911. The van der Waals surface area contributed by atoms with Gasteiger partial charge in [-0.3, -0.25) is 0 Å². The largest absolute Gasteiger partial charge is 0.496 e. The first-order valence-electron chi connectivity index (χ1n) is 6.02. The van der Waals surface area contributed by atoms with Crippen LogP contribution in [0.3, 0.4) is 0 Å². The van der Waals surface area contributed by atoms with Gasteiger partial charge in [-0.2, -0.15) is 0 Å². The van der Waals surface area contributed by atoms with Crippen LogP contribution in [0.15, 0.2) is 36.4 Å². The summed E-state index contributed by atoms with van der Waals surface area (Å²) in [5, 5.41) is 9.06. The molecule has 2 rings (SSSR count). The van der Waals surface area contributed by atoms with Gasteiger partial charge in [0.25, 0.3) is 0 Å². The minimum atomic E-state index is -0.911. The number of hydrogen-bond donors (Lipinski definition) is 1. The Kier molecular flexibility index (Phi) is 3.56. The van der Waals surface area contributed by atoms with Crippen molar-refractivity contribution < 1.29 is 14.6 Å².